The van der Waals surface area contributed by atoms with Crippen LogP contribution in [0.5, 0.6) is 0 Å². The number of halogens is 2. The van der Waals surface area contributed by atoms with Gasteiger partial charge in [0, 0.05) is 20.1 Å². The molecule has 122 valence electrons. The molecule has 2 aliphatic rings. The zero-order chi connectivity index (χ0) is 16.6. The van der Waals surface area contributed by atoms with Gasteiger partial charge in [0.1, 0.15) is 0 Å². The summed E-state index contributed by atoms with van der Waals surface area (Å²) in [6.07, 6.45) is -0.508. The molecule has 2 heterocycles. The first-order chi connectivity index (χ1) is 11.0. The first kappa shape index (κ1) is 16.1. The Kier molecular flexibility index (Phi) is 4.45. The lowest BCUT2D eigenvalue weighted by molar-refractivity contribution is -0.127. The number of urea groups is 1. The molecular weight excluding hydrogens is 386 g/mol. The summed E-state index contributed by atoms with van der Waals surface area (Å²) in [6, 6.07) is 6.49. The third kappa shape index (κ3) is 3.00. The Morgan fingerprint density at radius 2 is 2.13 bits per heavy atom. The summed E-state index contributed by atoms with van der Waals surface area (Å²) in [6.45, 7) is 1.11. The van der Waals surface area contributed by atoms with Crippen LogP contribution in [0.25, 0.3) is 0 Å². The summed E-state index contributed by atoms with van der Waals surface area (Å²) in [5.41, 5.74) is 0.832. The average Bonchev–Trinajstić information content (AvgIpc) is 2.84. The van der Waals surface area contributed by atoms with Crippen molar-refractivity contribution in [3.05, 3.63) is 29.3 Å². The summed E-state index contributed by atoms with van der Waals surface area (Å²) in [7, 11) is 1.62. The fraction of sp³-hybridized carbons (Fsp3) is 0.357. The zero-order valence-electron chi connectivity index (χ0n) is 12.3. The molecule has 2 atom stereocenters. The molecule has 7 nitrogen and oxygen atoms in total. The van der Waals surface area contributed by atoms with E-state index in [-0.39, 0.29) is 5.91 Å². The Morgan fingerprint density at radius 1 is 1.39 bits per heavy atom. The van der Waals surface area contributed by atoms with E-state index in [9.17, 15) is 9.59 Å². The van der Waals surface area contributed by atoms with Crippen LogP contribution in [0.2, 0.25) is 5.02 Å². The van der Waals surface area contributed by atoms with Gasteiger partial charge in [-0.15, -0.1) is 0 Å². The number of hydrogen-bond acceptors (Lipinski definition) is 5. The number of imide groups is 1. The third-order valence-electron chi connectivity index (χ3n) is 3.85. The second kappa shape index (κ2) is 6.37. The SMILES string of the molecule is CN1C(=O)NC(=O)C2C1N=C(Br)N2CCNc1ccccc1Cl. The molecule has 2 unspecified atom stereocenters. The van der Waals surface area contributed by atoms with Gasteiger partial charge in [-0.05, 0) is 28.1 Å². The van der Waals surface area contributed by atoms with Crippen LogP contribution in [-0.2, 0) is 4.79 Å². The summed E-state index contributed by atoms with van der Waals surface area (Å²) in [4.78, 5) is 31.4. The summed E-state index contributed by atoms with van der Waals surface area (Å²) >= 11 is 9.47. The van der Waals surface area contributed by atoms with Crippen LogP contribution < -0.4 is 10.6 Å². The minimum absolute atomic E-state index is 0.339. The topological polar surface area (TPSA) is 77.0 Å². The van der Waals surface area contributed by atoms with Crippen LogP contribution in [0.15, 0.2) is 29.3 Å². The van der Waals surface area contributed by atoms with E-state index in [0.29, 0.717) is 22.9 Å². The summed E-state index contributed by atoms with van der Waals surface area (Å²) < 4.78 is 0.560. The molecule has 1 fully saturated rings. The Morgan fingerprint density at radius 3 is 2.87 bits per heavy atom. The number of para-hydroxylation sites is 1. The van der Waals surface area contributed by atoms with Crippen LogP contribution in [0.3, 0.4) is 0 Å². The normalized spacial score (nSPS) is 23.5. The molecule has 3 amide bonds. The van der Waals surface area contributed by atoms with Gasteiger partial charge in [-0.2, -0.15) is 0 Å². The number of likely N-dealkylation sites (N-methyl/N-ethyl adjacent to an activating group) is 1. The van der Waals surface area contributed by atoms with Crippen molar-refractivity contribution < 1.29 is 9.59 Å². The lowest BCUT2D eigenvalue weighted by atomic mass is 10.1. The molecule has 2 aliphatic heterocycles. The van der Waals surface area contributed by atoms with Gasteiger partial charge in [-0.25, -0.2) is 9.79 Å². The van der Waals surface area contributed by atoms with Crippen LogP contribution in [0, 0.1) is 0 Å². The van der Waals surface area contributed by atoms with Crippen molar-refractivity contribution >= 4 is 49.9 Å². The minimum Gasteiger partial charge on any atom is -0.382 e. The molecule has 0 aliphatic carbocycles. The maximum absolute atomic E-state index is 12.1. The van der Waals surface area contributed by atoms with Crippen molar-refractivity contribution in [2.75, 3.05) is 25.5 Å². The maximum Gasteiger partial charge on any atom is 0.325 e. The fourth-order valence-electron chi connectivity index (χ4n) is 2.64. The monoisotopic (exact) mass is 399 g/mol. The molecule has 1 aromatic rings. The number of nitrogens with zero attached hydrogens (tertiary/aromatic N) is 3. The fourth-order valence-corrected chi connectivity index (χ4v) is 3.45. The Bertz CT molecular complexity index is 683. The van der Waals surface area contributed by atoms with E-state index in [1.54, 1.807) is 7.05 Å². The minimum atomic E-state index is -0.528. The first-order valence-corrected chi connectivity index (χ1v) is 8.22. The van der Waals surface area contributed by atoms with Crippen molar-refractivity contribution in [1.82, 2.24) is 15.1 Å². The number of carbonyl (C=O) groups is 2. The van der Waals surface area contributed by atoms with E-state index in [1.165, 1.54) is 4.90 Å². The number of amides is 3. The van der Waals surface area contributed by atoms with Gasteiger partial charge in [0.15, 0.2) is 17.0 Å². The summed E-state index contributed by atoms with van der Waals surface area (Å²) in [5.74, 6) is -0.339. The number of anilines is 1. The van der Waals surface area contributed by atoms with Gasteiger partial charge >= 0.3 is 6.03 Å². The maximum atomic E-state index is 12.1. The standard InChI is InChI=1S/C14H15BrClN5O2/c1-20-11-10(12(22)19-14(20)23)21(13(15)18-11)7-6-17-9-5-3-2-4-8(9)16/h2-5,10-11,17H,6-7H2,1H3,(H,19,22,23). The Balaban J connectivity index is 1.66. The van der Waals surface area contributed by atoms with E-state index in [4.69, 9.17) is 11.6 Å². The second-order valence-electron chi connectivity index (χ2n) is 5.26. The van der Waals surface area contributed by atoms with Crippen molar-refractivity contribution in [3.63, 3.8) is 0 Å². The molecule has 0 aromatic heterocycles. The second-order valence-corrected chi connectivity index (χ2v) is 6.38. The third-order valence-corrected chi connectivity index (χ3v) is 4.84. The van der Waals surface area contributed by atoms with E-state index >= 15 is 0 Å². The van der Waals surface area contributed by atoms with Gasteiger partial charge in [-0.1, -0.05) is 23.7 Å². The number of hydrogen-bond donors (Lipinski definition) is 2. The first-order valence-electron chi connectivity index (χ1n) is 7.05. The van der Waals surface area contributed by atoms with Crippen LogP contribution in [0.4, 0.5) is 10.5 Å². The number of carbonyl (C=O) groups excluding carboxylic acids is 2. The molecule has 0 bridgehead atoms. The molecule has 0 radical (unpaired) electrons. The van der Waals surface area contributed by atoms with Crippen LogP contribution in [0.1, 0.15) is 0 Å². The highest BCUT2D eigenvalue weighted by Crippen LogP contribution is 2.26. The molecule has 0 saturated carbocycles. The molecular formula is C14H15BrClN5O2. The van der Waals surface area contributed by atoms with Gasteiger partial charge in [-0.3, -0.25) is 10.1 Å². The number of benzene rings is 1. The Labute approximate surface area is 146 Å². The van der Waals surface area contributed by atoms with E-state index in [2.05, 4.69) is 31.6 Å². The number of fused-ring (bicyclic) bond motifs is 1. The van der Waals surface area contributed by atoms with E-state index in [0.717, 1.165) is 5.69 Å². The number of rotatable bonds is 4. The molecule has 1 aromatic carbocycles. The average molecular weight is 401 g/mol. The smallest absolute Gasteiger partial charge is 0.325 e. The largest absolute Gasteiger partial charge is 0.382 e. The van der Waals surface area contributed by atoms with Crippen molar-refractivity contribution in [2.24, 2.45) is 4.99 Å². The van der Waals surface area contributed by atoms with E-state index in [1.807, 2.05) is 29.2 Å². The number of aliphatic imine (C=N–C) groups is 1. The van der Waals surface area contributed by atoms with Crippen molar-refractivity contribution in [3.8, 4) is 0 Å². The van der Waals surface area contributed by atoms with E-state index < -0.39 is 18.2 Å². The lowest BCUT2D eigenvalue weighted by Crippen LogP contribution is -2.63. The van der Waals surface area contributed by atoms with Crippen molar-refractivity contribution in [1.29, 1.82) is 0 Å². The highest BCUT2D eigenvalue weighted by molar-refractivity contribution is 9.18. The molecule has 9 heteroatoms. The highest BCUT2D eigenvalue weighted by Gasteiger charge is 2.47. The van der Waals surface area contributed by atoms with Gasteiger partial charge in [0.05, 0.1) is 10.7 Å². The summed E-state index contributed by atoms with van der Waals surface area (Å²) in [5, 5.41) is 6.21. The highest BCUT2D eigenvalue weighted by atomic mass is 79.9. The molecule has 1 saturated heterocycles. The molecule has 0 spiro atoms. The number of amidine groups is 1. The molecule has 3 rings (SSSR count). The molecule has 23 heavy (non-hydrogen) atoms. The quantitative estimate of drug-likeness (QED) is 0.754. The lowest BCUT2D eigenvalue weighted by Gasteiger charge is -2.35. The number of nitrogens with one attached hydrogen (secondary N) is 2. The van der Waals surface area contributed by atoms with Crippen molar-refractivity contribution in [2.45, 2.75) is 12.2 Å². The molecule has 2 N–H and O–H groups in total. The predicted octanol–water partition coefficient (Wildman–Crippen LogP) is 1.69. The predicted molar refractivity (Wildman–Crippen MR) is 91.9 cm³/mol. The Hall–Kier alpha value is -1.80. The van der Waals surface area contributed by atoms with Crippen LogP contribution >= 0.6 is 27.5 Å². The van der Waals surface area contributed by atoms with Gasteiger partial charge < -0.3 is 15.1 Å². The van der Waals surface area contributed by atoms with Gasteiger partial charge in [0.2, 0.25) is 0 Å². The van der Waals surface area contributed by atoms with Gasteiger partial charge in [0.25, 0.3) is 5.91 Å². The zero-order valence-corrected chi connectivity index (χ0v) is 14.6. The van der Waals surface area contributed by atoms with Crippen LogP contribution in [-0.4, -0.2) is 58.8 Å².